The van der Waals surface area contributed by atoms with Crippen molar-refractivity contribution in [2.45, 2.75) is 19.8 Å². The van der Waals surface area contributed by atoms with E-state index in [2.05, 4.69) is 24.0 Å². The summed E-state index contributed by atoms with van der Waals surface area (Å²) >= 11 is 1.57. The third-order valence-electron chi connectivity index (χ3n) is 5.10. The number of hydrogen-bond donors (Lipinski definition) is 0. The molecule has 4 rings (SSSR count). The van der Waals surface area contributed by atoms with E-state index in [1.54, 1.807) is 28.4 Å². The highest BCUT2D eigenvalue weighted by molar-refractivity contribution is 7.22. The molecule has 0 aliphatic carbocycles. The Bertz CT molecular complexity index is 1050. The number of hydrogen-bond acceptors (Lipinski definition) is 6. The molecule has 0 radical (unpaired) electrons. The second-order valence-corrected chi connectivity index (χ2v) is 8.63. The van der Waals surface area contributed by atoms with Crippen molar-refractivity contribution >= 4 is 32.6 Å². The molecule has 0 unspecified atom stereocenters. The summed E-state index contributed by atoms with van der Waals surface area (Å²) in [5.41, 5.74) is 2.78. The molecule has 1 aromatic heterocycles. The van der Waals surface area contributed by atoms with Crippen LogP contribution in [0.4, 0.5) is 5.13 Å². The predicted octanol–water partition coefficient (Wildman–Crippen LogP) is 1.23. The molecule has 0 spiro atoms. The molecule has 0 bridgehead atoms. The van der Waals surface area contributed by atoms with Crippen LogP contribution >= 0.6 is 11.3 Å². The summed E-state index contributed by atoms with van der Waals surface area (Å²) in [6.45, 7) is 4.67. The number of aryl methyl sites for hydroxylation is 1. The molecule has 6 nitrogen and oxygen atoms in total. The number of amides is 1. The number of carbonyl (C=O) groups is 1. The molecule has 1 amide bonds. The molecule has 0 saturated carbocycles. The van der Waals surface area contributed by atoms with Crippen LogP contribution in [0.5, 0.6) is 11.5 Å². The van der Waals surface area contributed by atoms with Crippen LogP contribution in [0.3, 0.4) is 0 Å². The van der Waals surface area contributed by atoms with E-state index in [0.717, 1.165) is 34.7 Å². The first-order valence-electron chi connectivity index (χ1n) is 10.3. The van der Waals surface area contributed by atoms with Gasteiger partial charge in [-0.2, -0.15) is 0 Å². The summed E-state index contributed by atoms with van der Waals surface area (Å²) in [6.07, 6.45) is 1.84. The minimum Gasteiger partial charge on any atom is -1.00 e. The van der Waals surface area contributed by atoms with E-state index < -0.39 is 0 Å². The minimum atomic E-state index is -0.0690. The van der Waals surface area contributed by atoms with Gasteiger partial charge in [-0.15, -0.1) is 0 Å². The zero-order chi connectivity index (χ0) is 21.1. The Kier molecular flexibility index (Phi) is 7.75. The van der Waals surface area contributed by atoms with E-state index in [4.69, 9.17) is 14.5 Å². The van der Waals surface area contributed by atoms with Crippen molar-refractivity contribution in [1.82, 2.24) is 9.88 Å². The van der Waals surface area contributed by atoms with Gasteiger partial charge in [0.1, 0.15) is 13.2 Å². The van der Waals surface area contributed by atoms with Gasteiger partial charge in [-0.3, -0.25) is 9.69 Å². The molecule has 3 aromatic rings. The van der Waals surface area contributed by atoms with Gasteiger partial charge in [0.15, 0.2) is 16.6 Å². The maximum atomic E-state index is 13.5. The van der Waals surface area contributed by atoms with E-state index >= 15 is 0 Å². The van der Waals surface area contributed by atoms with Crippen LogP contribution in [0.25, 0.3) is 10.2 Å². The molecule has 0 atom stereocenters. The van der Waals surface area contributed by atoms with Crippen LogP contribution in [-0.2, 0) is 6.42 Å². The first-order valence-corrected chi connectivity index (χ1v) is 11.1. The smallest absolute Gasteiger partial charge is 0.260 e. The zero-order valence-corrected chi connectivity index (χ0v) is 19.6. The quantitative estimate of drug-likeness (QED) is 0.531. The molecular formula is C23H27ClN3O3S-. The van der Waals surface area contributed by atoms with Gasteiger partial charge in [0.05, 0.1) is 10.2 Å². The van der Waals surface area contributed by atoms with Gasteiger partial charge in [0, 0.05) is 12.1 Å². The van der Waals surface area contributed by atoms with Crippen molar-refractivity contribution in [3.05, 3.63) is 47.5 Å². The maximum Gasteiger partial charge on any atom is 0.260 e. The van der Waals surface area contributed by atoms with E-state index in [9.17, 15) is 4.79 Å². The van der Waals surface area contributed by atoms with E-state index in [0.29, 0.717) is 36.8 Å². The topological polar surface area (TPSA) is 54.9 Å². The lowest BCUT2D eigenvalue weighted by atomic mass is 10.1. The molecule has 8 heteroatoms. The van der Waals surface area contributed by atoms with Crippen molar-refractivity contribution in [2.75, 3.05) is 45.3 Å². The molecule has 166 valence electrons. The molecule has 1 aliphatic heterocycles. The Balaban J connectivity index is 0.00000272. The van der Waals surface area contributed by atoms with Crippen LogP contribution < -0.4 is 26.8 Å². The van der Waals surface area contributed by atoms with Crippen LogP contribution in [0.1, 0.15) is 29.3 Å². The molecule has 2 heterocycles. The summed E-state index contributed by atoms with van der Waals surface area (Å²) in [5.74, 6) is 1.24. The molecule has 0 N–H and O–H groups in total. The highest BCUT2D eigenvalue weighted by atomic mass is 35.5. The summed E-state index contributed by atoms with van der Waals surface area (Å²) in [7, 11) is 4.08. The second-order valence-electron chi connectivity index (χ2n) is 7.62. The maximum absolute atomic E-state index is 13.5. The minimum absolute atomic E-state index is 0. The number of ether oxygens (including phenoxy) is 2. The van der Waals surface area contributed by atoms with Crippen molar-refractivity contribution in [2.24, 2.45) is 0 Å². The molecule has 1 aliphatic rings. The van der Waals surface area contributed by atoms with Gasteiger partial charge in [0.25, 0.3) is 5.91 Å². The lowest BCUT2D eigenvalue weighted by Gasteiger charge is -2.23. The van der Waals surface area contributed by atoms with E-state index in [-0.39, 0.29) is 18.3 Å². The third kappa shape index (κ3) is 5.29. The molecule has 31 heavy (non-hydrogen) atoms. The van der Waals surface area contributed by atoms with Crippen molar-refractivity contribution in [3.8, 4) is 11.5 Å². The summed E-state index contributed by atoms with van der Waals surface area (Å²) < 4.78 is 12.4. The van der Waals surface area contributed by atoms with Gasteiger partial charge < -0.3 is 26.8 Å². The average Bonchev–Trinajstić information content (AvgIpc) is 3.18. The number of fused-ring (bicyclic) bond motifs is 2. The molecule has 0 fully saturated rings. The lowest BCUT2D eigenvalue weighted by Crippen LogP contribution is -3.00. The van der Waals surface area contributed by atoms with Gasteiger partial charge in [-0.05, 0) is 69.4 Å². The van der Waals surface area contributed by atoms with Crippen LogP contribution in [0.15, 0.2) is 36.4 Å². The van der Waals surface area contributed by atoms with Gasteiger partial charge >= 0.3 is 0 Å². The number of aromatic nitrogens is 1. The first-order chi connectivity index (χ1) is 14.5. The Hall–Kier alpha value is -2.35. The Morgan fingerprint density at radius 2 is 1.84 bits per heavy atom. The average molecular weight is 461 g/mol. The van der Waals surface area contributed by atoms with Crippen molar-refractivity contribution < 1.29 is 26.7 Å². The second kappa shape index (κ2) is 10.3. The number of nitrogens with zero attached hydrogens (tertiary/aromatic N) is 3. The van der Waals surface area contributed by atoms with Gasteiger partial charge in [-0.1, -0.05) is 24.3 Å². The first kappa shape index (κ1) is 23.3. The summed E-state index contributed by atoms with van der Waals surface area (Å²) in [5, 5.41) is 0.733. The Morgan fingerprint density at radius 1 is 1.06 bits per heavy atom. The van der Waals surface area contributed by atoms with E-state index in [1.807, 2.05) is 26.2 Å². The lowest BCUT2D eigenvalue weighted by molar-refractivity contribution is -0.0000143. The fourth-order valence-corrected chi connectivity index (χ4v) is 4.51. The molecule has 2 aromatic carbocycles. The highest BCUT2D eigenvalue weighted by Gasteiger charge is 2.23. The van der Waals surface area contributed by atoms with Gasteiger partial charge in [-0.25, -0.2) is 4.98 Å². The normalized spacial score (nSPS) is 12.6. The van der Waals surface area contributed by atoms with Crippen LogP contribution in [-0.4, -0.2) is 56.2 Å². The van der Waals surface area contributed by atoms with Crippen LogP contribution in [0.2, 0.25) is 0 Å². The standard InChI is InChI=1S/C23H27N3O3S.ClH/c1-4-16-6-8-18-21(14-16)30-23(24-18)26(11-5-10-25(2)3)22(27)17-7-9-19-20(15-17)29-13-12-28-19;/h6-9,14-15H,4-5,10-13H2,1-3H3;1H/p-1. The fraction of sp³-hybridized carbons (Fsp3) is 0.391. The monoisotopic (exact) mass is 460 g/mol. The SMILES string of the molecule is CCc1ccc2nc(N(CCCN(C)C)C(=O)c3ccc4c(c3)OCCO4)sc2c1.[Cl-]. The Morgan fingerprint density at radius 3 is 2.58 bits per heavy atom. The predicted molar refractivity (Wildman–Crippen MR) is 121 cm³/mol. The van der Waals surface area contributed by atoms with E-state index in [1.165, 1.54) is 5.56 Å². The number of benzene rings is 2. The molecular weight excluding hydrogens is 434 g/mol. The number of anilines is 1. The summed E-state index contributed by atoms with van der Waals surface area (Å²) in [6, 6.07) is 11.7. The Labute approximate surface area is 193 Å². The highest BCUT2D eigenvalue weighted by Crippen LogP contribution is 2.34. The third-order valence-corrected chi connectivity index (χ3v) is 6.14. The zero-order valence-electron chi connectivity index (χ0n) is 18.1. The molecule has 0 saturated heterocycles. The number of rotatable bonds is 7. The van der Waals surface area contributed by atoms with Gasteiger partial charge in [0.2, 0.25) is 0 Å². The van der Waals surface area contributed by atoms with Crippen molar-refractivity contribution in [3.63, 3.8) is 0 Å². The largest absolute Gasteiger partial charge is 1.00 e. The summed E-state index contributed by atoms with van der Waals surface area (Å²) in [4.78, 5) is 22.2. The number of carbonyl (C=O) groups excluding carboxylic acids is 1. The number of thiazole rings is 1. The van der Waals surface area contributed by atoms with Crippen LogP contribution in [0, 0.1) is 0 Å². The van der Waals surface area contributed by atoms with Crippen molar-refractivity contribution in [1.29, 1.82) is 0 Å². The number of halogens is 1. The fourth-order valence-electron chi connectivity index (χ4n) is 3.45.